The van der Waals surface area contributed by atoms with E-state index in [2.05, 4.69) is 4.72 Å². The molecule has 0 unspecified atom stereocenters. The molecule has 1 aromatic rings. The van der Waals surface area contributed by atoms with E-state index in [4.69, 9.17) is 10.5 Å². The first-order valence-corrected chi connectivity index (χ1v) is 8.05. The van der Waals surface area contributed by atoms with Crippen LogP contribution in [0.3, 0.4) is 0 Å². The molecule has 0 aliphatic heterocycles. The van der Waals surface area contributed by atoms with E-state index in [1.165, 1.54) is 25.3 Å². The molecule has 0 spiro atoms. The molecular weight excluding hydrogens is 294 g/mol. The summed E-state index contributed by atoms with van der Waals surface area (Å²) in [5.41, 5.74) is 5.77. The van der Waals surface area contributed by atoms with Gasteiger partial charge in [0.15, 0.2) is 0 Å². The molecule has 0 saturated carbocycles. The number of ether oxygens (including phenoxy) is 1. The van der Waals surface area contributed by atoms with Crippen molar-refractivity contribution < 1.29 is 17.9 Å². The molecule has 1 rings (SSSR count). The van der Waals surface area contributed by atoms with Crippen LogP contribution in [-0.2, 0) is 14.8 Å². The number of benzene rings is 1. The van der Waals surface area contributed by atoms with Crippen molar-refractivity contribution in [3.05, 3.63) is 18.2 Å². The molecule has 8 heteroatoms. The number of nitrogens with two attached hydrogens (primary N) is 1. The molecule has 1 aromatic carbocycles. The second-order valence-corrected chi connectivity index (χ2v) is 6.03. The van der Waals surface area contributed by atoms with Crippen molar-refractivity contribution in [3.63, 3.8) is 0 Å². The summed E-state index contributed by atoms with van der Waals surface area (Å²) >= 11 is 0. The van der Waals surface area contributed by atoms with Gasteiger partial charge in [-0.1, -0.05) is 0 Å². The number of methoxy groups -OCH3 is 1. The Labute approximate surface area is 125 Å². The zero-order chi connectivity index (χ0) is 16.0. The number of nitrogens with one attached hydrogen (secondary N) is 1. The van der Waals surface area contributed by atoms with E-state index in [1.54, 1.807) is 4.90 Å². The molecule has 0 bridgehead atoms. The lowest BCUT2D eigenvalue weighted by Crippen LogP contribution is -2.40. The van der Waals surface area contributed by atoms with E-state index < -0.39 is 10.0 Å². The zero-order valence-corrected chi connectivity index (χ0v) is 13.2. The Kier molecular flexibility index (Phi) is 5.98. The summed E-state index contributed by atoms with van der Waals surface area (Å²) < 4.78 is 31.5. The second kappa shape index (κ2) is 7.28. The number of anilines is 1. The fourth-order valence-corrected chi connectivity index (χ4v) is 2.91. The van der Waals surface area contributed by atoms with Crippen LogP contribution in [0.25, 0.3) is 0 Å². The van der Waals surface area contributed by atoms with Gasteiger partial charge in [0.05, 0.1) is 19.3 Å². The molecule has 0 saturated heterocycles. The highest BCUT2D eigenvalue weighted by molar-refractivity contribution is 7.89. The summed E-state index contributed by atoms with van der Waals surface area (Å²) in [6, 6.07) is 4.26. The fourth-order valence-electron chi connectivity index (χ4n) is 1.82. The molecule has 0 aliphatic carbocycles. The third-order valence-corrected chi connectivity index (χ3v) is 4.51. The van der Waals surface area contributed by atoms with Gasteiger partial charge in [0, 0.05) is 19.2 Å². The summed E-state index contributed by atoms with van der Waals surface area (Å²) in [5, 5.41) is 0. The molecule has 7 nitrogen and oxygen atoms in total. The SMILES string of the molecule is CCN(CC)C(=O)CNS(=O)(=O)c1ccc(OC)cc1N. The van der Waals surface area contributed by atoms with Gasteiger partial charge in [-0.3, -0.25) is 4.79 Å². The fraction of sp³-hybridized carbons (Fsp3) is 0.462. The van der Waals surface area contributed by atoms with E-state index in [-0.39, 0.29) is 23.0 Å². The molecule has 21 heavy (non-hydrogen) atoms. The van der Waals surface area contributed by atoms with Gasteiger partial charge in [0.25, 0.3) is 0 Å². The Morgan fingerprint density at radius 2 is 1.95 bits per heavy atom. The van der Waals surface area contributed by atoms with Crippen LogP contribution in [0.4, 0.5) is 5.69 Å². The highest BCUT2D eigenvalue weighted by Crippen LogP contribution is 2.23. The number of sulfonamides is 1. The lowest BCUT2D eigenvalue weighted by molar-refractivity contribution is -0.129. The van der Waals surface area contributed by atoms with Crippen LogP contribution in [0.5, 0.6) is 5.75 Å². The number of amides is 1. The topological polar surface area (TPSA) is 102 Å². The maximum atomic E-state index is 12.2. The third kappa shape index (κ3) is 4.33. The summed E-state index contributed by atoms with van der Waals surface area (Å²) in [6.07, 6.45) is 0. The van der Waals surface area contributed by atoms with Gasteiger partial charge < -0.3 is 15.4 Å². The van der Waals surface area contributed by atoms with Crippen molar-refractivity contribution in [1.29, 1.82) is 0 Å². The maximum Gasteiger partial charge on any atom is 0.243 e. The summed E-state index contributed by atoms with van der Waals surface area (Å²) in [7, 11) is -2.38. The van der Waals surface area contributed by atoms with Crippen molar-refractivity contribution in [2.75, 3.05) is 32.5 Å². The number of nitrogen functional groups attached to an aromatic ring is 1. The Hall–Kier alpha value is -1.80. The second-order valence-electron chi connectivity index (χ2n) is 4.29. The van der Waals surface area contributed by atoms with E-state index in [1.807, 2.05) is 13.8 Å². The quantitative estimate of drug-likeness (QED) is 0.710. The van der Waals surface area contributed by atoms with Gasteiger partial charge in [0.2, 0.25) is 15.9 Å². The smallest absolute Gasteiger partial charge is 0.243 e. The van der Waals surface area contributed by atoms with Gasteiger partial charge in [-0.05, 0) is 26.0 Å². The summed E-state index contributed by atoms with van der Waals surface area (Å²) in [5.74, 6) is 0.182. The molecular formula is C13H21N3O4S. The highest BCUT2D eigenvalue weighted by atomic mass is 32.2. The highest BCUT2D eigenvalue weighted by Gasteiger charge is 2.20. The maximum absolute atomic E-state index is 12.2. The minimum absolute atomic E-state index is 0.0668. The number of carbonyl (C=O) groups is 1. The number of rotatable bonds is 7. The molecule has 118 valence electrons. The van der Waals surface area contributed by atoms with Crippen molar-refractivity contribution in [3.8, 4) is 5.75 Å². The molecule has 0 aromatic heterocycles. The van der Waals surface area contributed by atoms with Crippen LogP contribution < -0.4 is 15.2 Å². The van der Waals surface area contributed by atoms with Gasteiger partial charge >= 0.3 is 0 Å². The number of hydrogen-bond donors (Lipinski definition) is 2. The first kappa shape index (κ1) is 17.3. The predicted molar refractivity (Wildman–Crippen MR) is 80.5 cm³/mol. The van der Waals surface area contributed by atoms with Crippen LogP contribution in [-0.4, -0.2) is 46.0 Å². The van der Waals surface area contributed by atoms with Crippen molar-refractivity contribution >= 4 is 21.6 Å². The van der Waals surface area contributed by atoms with Crippen LogP contribution in [0.15, 0.2) is 23.1 Å². The molecule has 0 aliphatic rings. The van der Waals surface area contributed by atoms with Crippen molar-refractivity contribution in [2.24, 2.45) is 0 Å². The van der Waals surface area contributed by atoms with Crippen LogP contribution in [0.2, 0.25) is 0 Å². The molecule has 0 fully saturated rings. The summed E-state index contributed by atoms with van der Waals surface area (Å²) in [4.78, 5) is 13.3. The van der Waals surface area contributed by atoms with E-state index in [0.717, 1.165) is 0 Å². The van der Waals surface area contributed by atoms with Crippen LogP contribution in [0.1, 0.15) is 13.8 Å². The first-order valence-electron chi connectivity index (χ1n) is 6.56. The molecule has 0 heterocycles. The van der Waals surface area contributed by atoms with E-state index >= 15 is 0 Å². The van der Waals surface area contributed by atoms with E-state index in [9.17, 15) is 13.2 Å². The number of likely N-dealkylation sites (N-methyl/N-ethyl adjacent to an activating group) is 1. The summed E-state index contributed by atoms with van der Waals surface area (Å²) in [6.45, 7) is 4.42. The number of hydrogen-bond acceptors (Lipinski definition) is 5. The molecule has 3 N–H and O–H groups in total. The minimum atomic E-state index is -3.84. The molecule has 0 radical (unpaired) electrons. The first-order chi connectivity index (χ1) is 9.85. The van der Waals surface area contributed by atoms with Gasteiger partial charge in [-0.25, -0.2) is 13.1 Å². The van der Waals surface area contributed by atoms with Crippen molar-refractivity contribution in [1.82, 2.24) is 9.62 Å². The lowest BCUT2D eigenvalue weighted by Gasteiger charge is -2.19. The van der Waals surface area contributed by atoms with Gasteiger partial charge in [0.1, 0.15) is 10.6 Å². The normalized spacial score (nSPS) is 11.2. The Morgan fingerprint density at radius 3 is 2.43 bits per heavy atom. The van der Waals surface area contributed by atoms with E-state index in [0.29, 0.717) is 18.8 Å². The average Bonchev–Trinajstić information content (AvgIpc) is 2.46. The molecule has 1 amide bonds. The molecule has 0 atom stereocenters. The standard InChI is InChI=1S/C13H21N3O4S/c1-4-16(5-2)13(17)9-15-21(18,19)12-7-6-10(20-3)8-11(12)14/h6-8,15H,4-5,9,14H2,1-3H3. The predicted octanol–water partition coefficient (Wildman–Crippen LogP) is 0.424. The van der Waals surface area contributed by atoms with Crippen LogP contribution >= 0.6 is 0 Å². The largest absolute Gasteiger partial charge is 0.497 e. The number of carbonyl (C=O) groups excluding carboxylic acids is 1. The van der Waals surface area contributed by atoms with Crippen LogP contribution in [0, 0.1) is 0 Å². The zero-order valence-electron chi connectivity index (χ0n) is 12.4. The third-order valence-electron chi connectivity index (χ3n) is 3.04. The van der Waals surface area contributed by atoms with Gasteiger partial charge in [-0.15, -0.1) is 0 Å². The van der Waals surface area contributed by atoms with Gasteiger partial charge in [-0.2, -0.15) is 0 Å². The Bertz CT molecular complexity index is 597. The number of nitrogens with zero attached hydrogens (tertiary/aromatic N) is 1. The Morgan fingerprint density at radius 1 is 1.33 bits per heavy atom. The lowest BCUT2D eigenvalue weighted by atomic mass is 10.3. The Balaban J connectivity index is 2.85. The average molecular weight is 315 g/mol. The minimum Gasteiger partial charge on any atom is -0.497 e. The van der Waals surface area contributed by atoms with Crippen molar-refractivity contribution in [2.45, 2.75) is 18.7 Å². The monoisotopic (exact) mass is 315 g/mol.